The van der Waals surface area contributed by atoms with E-state index in [-0.39, 0.29) is 0 Å². The van der Waals surface area contributed by atoms with Gasteiger partial charge in [0.1, 0.15) is 0 Å². The summed E-state index contributed by atoms with van der Waals surface area (Å²) >= 11 is 0. The first-order valence-corrected chi connectivity index (χ1v) is 3.95. The molecule has 0 unspecified atom stereocenters. The van der Waals surface area contributed by atoms with Crippen molar-refractivity contribution < 1.29 is 9.59 Å². The number of hydrogen-bond donors (Lipinski definition) is 2. The van der Waals surface area contributed by atoms with E-state index in [1.807, 2.05) is 0 Å². The van der Waals surface area contributed by atoms with Gasteiger partial charge in [-0.15, -0.1) is 19.8 Å². The van der Waals surface area contributed by atoms with Crippen molar-refractivity contribution in [1.29, 1.82) is 0 Å². The number of urea groups is 2. The van der Waals surface area contributed by atoms with Crippen LogP contribution in [0, 0.1) is 9.81 Å². The molecule has 16 heavy (non-hydrogen) atoms. The monoisotopic (exact) mass is 230 g/mol. The van der Waals surface area contributed by atoms with E-state index < -0.39 is 24.4 Å². The Morgan fingerprint density at radius 3 is 1.56 bits per heavy atom. The van der Waals surface area contributed by atoms with Crippen LogP contribution >= 0.6 is 0 Å². The fourth-order valence-electron chi connectivity index (χ4n) is 1.63. The Kier molecular flexibility index (Phi) is 1.96. The maximum atomic E-state index is 11.3. The van der Waals surface area contributed by atoms with Crippen molar-refractivity contribution in [3.05, 3.63) is 9.81 Å². The topological polar surface area (TPSA) is 158 Å². The highest BCUT2D eigenvalue weighted by Gasteiger charge is 2.61. The summed E-state index contributed by atoms with van der Waals surface area (Å²) in [6.45, 7) is 0. The molecule has 2 aliphatic rings. The fourth-order valence-corrected chi connectivity index (χ4v) is 1.63. The summed E-state index contributed by atoms with van der Waals surface area (Å²) in [4.78, 5) is 43.5. The Bertz CT molecular complexity index is 350. The van der Waals surface area contributed by atoms with Crippen LogP contribution in [0.5, 0.6) is 0 Å². The number of carbonyl (C=O) groups is 2. The molecule has 0 bridgehead atoms. The lowest BCUT2D eigenvalue weighted by molar-refractivity contribution is 0.127. The van der Waals surface area contributed by atoms with Crippen molar-refractivity contribution in [2.24, 2.45) is 22.3 Å². The van der Waals surface area contributed by atoms with E-state index in [0.717, 1.165) is 0 Å². The van der Waals surface area contributed by atoms with Gasteiger partial charge >= 0.3 is 12.1 Å². The van der Waals surface area contributed by atoms with Crippen LogP contribution in [-0.2, 0) is 0 Å². The first-order valence-electron chi connectivity index (χ1n) is 3.95. The van der Waals surface area contributed by atoms with Crippen molar-refractivity contribution >= 4 is 12.1 Å². The number of hydrogen-bond acceptors (Lipinski definition) is 8. The lowest BCUT2D eigenvalue weighted by Crippen LogP contribution is -2.52. The molecule has 2 aliphatic heterocycles. The average molecular weight is 230 g/mol. The van der Waals surface area contributed by atoms with E-state index in [2.05, 4.69) is 10.6 Å². The molecule has 2 heterocycles. The lowest BCUT2D eigenvalue weighted by atomic mass is 10.4. The normalized spacial score (nSPS) is 28.9. The summed E-state index contributed by atoms with van der Waals surface area (Å²) in [6, 6.07) is -1.97. The van der Waals surface area contributed by atoms with Gasteiger partial charge in [-0.25, -0.2) is 31.3 Å². The third-order valence-corrected chi connectivity index (χ3v) is 2.35. The number of fused-ring (bicyclic) bond motifs is 1. The van der Waals surface area contributed by atoms with Gasteiger partial charge in [-0.2, -0.15) is 0 Å². The first-order chi connectivity index (χ1) is 7.54. The molecule has 2 fully saturated rings. The van der Waals surface area contributed by atoms with E-state index in [9.17, 15) is 19.4 Å². The van der Waals surface area contributed by atoms with E-state index in [0.29, 0.717) is 20.0 Å². The summed E-state index contributed by atoms with van der Waals surface area (Å²) in [6.07, 6.45) is -2.53. The van der Waals surface area contributed by atoms with Crippen LogP contribution in [0.1, 0.15) is 0 Å². The molecule has 0 spiro atoms. The molecule has 12 nitrogen and oxygen atoms in total. The maximum absolute atomic E-state index is 11.3. The van der Waals surface area contributed by atoms with Gasteiger partial charge in [-0.1, -0.05) is 0 Å². The number of rotatable bonds is 2. The van der Waals surface area contributed by atoms with Crippen molar-refractivity contribution in [1.82, 2.24) is 20.0 Å². The highest BCUT2D eigenvalue weighted by Crippen LogP contribution is 2.31. The molecule has 0 aromatic heterocycles. The quantitative estimate of drug-likeness (QED) is 0.324. The van der Waals surface area contributed by atoms with Crippen molar-refractivity contribution in [2.75, 3.05) is 0 Å². The lowest BCUT2D eigenvalue weighted by Gasteiger charge is -2.20. The number of hydrazine groups is 2. The molecule has 4 amide bonds. The molecule has 2 saturated heterocycles. The Morgan fingerprint density at radius 2 is 1.25 bits per heavy atom. The zero-order valence-electron chi connectivity index (χ0n) is 7.63. The predicted molar refractivity (Wildman–Crippen MR) is 45.7 cm³/mol. The third kappa shape index (κ3) is 0.934. The minimum Gasteiger partial charge on any atom is -0.245 e. The van der Waals surface area contributed by atoms with Gasteiger partial charge < -0.3 is 0 Å². The second-order valence-corrected chi connectivity index (χ2v) is 3.06. The molecule has 0 radical (unpaired) electrons. The third-order valence-electron chi connectivity index (χ3n) is 2.35. The summed E-state index contributed by atoms with van der Waals surface area (Å²) in [7, 11) is 0. The number of nitroso groups, excluding NO2 is 2. The molecule has 12 heteroatoms. The molecule has 0 saturated carbocycles. The van der Waals surface area contributed by atoms with E-state index in [1.54, 1.807) is 0 Å². The minimum atomic E-state index is -1.34. The molecule has 2 rings (SSSR count). The summed E-state index contributed by atoms with van der Waals surface area (Å²) < 4.78 is 0. The molecule has 4 N–H and O–H groups in total. The number of amides is 4. The number of carbonyl (C=O) groups excluding carboxylic acids is 2. The Labute approximate surface area is 87.1 Å². The van der Waals surface area contributed by atoms with E-state index >= 15 is 0 Å². The van der Waals surface area contributed by atoms with Crippen LogP contribution < -0.4 is 11.7 Å². The van der Waals surface area contributed by atoms with Gasteiger partial charge in [-0.3, -0.25) is 0 Å². The molecule has 0 aliphatic carbocycles. The van der Waals surface area contributed by atoms with Crippen molar-refractivity contribution in [2.45, 2.75) is 12.3 Å². The summed E-state index contributed by atoms with van der Waals surface area (Å²) in [5.74, 6) is 10.6. The van der Waals surface area contributed by atoms with Gasteiger partial charge in [0.05, 0.1) is 10.6 Å². The van der Waals surface area contributed by atoms with Crippen molar-refractivity contribution in [3.8, 4) is 0 Å². The predicted octanol–water partition coefficient (Wildman–Crippen LogP) is -1.78. The minimum absolute atomic E-state index is 0.316. The first kappa shape index (κ1) is 10.2. The van der Waals surface area contributed by atoms with Crippen LogP contribution in [0.25, 0.3) is 0 Å². The molecular formula is C4H6N8O4. The van der Waals surface area contributed by atoms with Crippen LogP contribution in [0.2, 0.25) is 0 Å². The van der Waals surface area contributed by atoms with Gasteiger partial charge in [0.2, 0.25) is 6.17 Å². The number of nitrogens with zero attached hydrogens (tertiary/aromatic N) is 6. The fraction of sp³-hybridized carbons (Fsp3) is 0.500. The molecule has 0 atom stereocenters. The van der Waals surface area contributed by atoms with Crippen LogP contribution in [0.4, 0.5) is 9.59 Å². The van der Waals surface area contributed by atoms with Crippen LogP contribution in [-0.4, -0.2) is 44.4 Å². The Hall–Kier alpha value is -2.34. The molecule has 86 valence electrons. The van der Waals surface area contributed by atoms with E-state index in [1.165, 1.54) is 0 Å². The number of nitrogens with two attached hydrogens (primary N) is 2. The SMILES string of the molecule is NN1C(=O)N(N=O)C2C1N(N)C(=O)N2N=O. The largest absolute Gasteiger partial charge is 0.361 e. The Morgan fingerprint density at radius 1 is 0.875 bits per heavy atom. The summed E-state index contributed by atoms with van der Waals surface area (Å²) in [5, 5.41) is 6.41. The second-order valence-electron chi connectivity index (χ2n) is 3.06. The van der Waals surface area contributed by atoms with Gasteiger partial charge in [0, 0.05) is 0 Å². The molecule has 0 aromatic carbocycles. The van der Waals surface area contributed by atoms with Gasteiger partial charge in [0.15, 0.2) is 6.17 Å². The van der Waals surface area contributed by atoms with Crippen LogP contribution in [0.3, 0.4) is 0 Å². The van der Waals surface area contributed by atoms with Gasteiger partial charge in [0.25, 0.3) is 0 Å². The standard InChI is InChI=1S/C4H6N8O4/c5-9-1-2(11(7-15)3(9)13)12(8-16)4(14)10(1)6/h1-2H,5-6H2. The van der Waals surface area contributed by atoms with Crippen molar-refractivity contribution in [3.63, 3.8) is 0 Å². The highest BCUT2D eigenvalue weighted by molar-refractivity contribution is 5.83. The van der Waals surface area contributed by atoms with Crippen LogP contribution in [0.15, 0.2) is 10.6 Å². The van der Waals surface area contributed by atoms with Gasteiger partial charge in [-0.05, 0) is 0 Å². The molecule has 0 aromatic rings. The Balaban J connectivity index is 2.46. The average Bonchev–Trinajstić information content (AvgIpc) is 2.65. The zero-order valence-corrected chi connectivity index (χ0v) is 7.63. The smallest absolute Gasteiger partial charge is 0.245 e. The zero-order chi connectivity index (χ0) is 12.0. The maximum Gasteiger partial charge on any atom is 0.361 e. The summed E-state index contributed by atoms with van der Waals surface area (Å²) in [5.41, 5.74) is 0. The second kappa shape index (κ2) is 3.07. The molecular weight excluding hydrogens is 224 g/mol. The highest BCUT2D eigenvalue weighted by atomic mass is 16.3. The van der Waals surface area contributed by atoms with E-state index in [4.69, 9.17) is 11.7 Å².